The first-order valence-electron chi connectivity index (χ1n) is 10.4. The average Bonchev–Trinajstić information content (AvgIpc) is 2.78. The van der Waals surface area contributed by atoms with Gasteiger partial charge in [0.15, 0.2) is 5.44 Å². The van der Waals surface area contributed by atoms with Crippen molar-refractivity contribution in [3.8, 4) is 11.8 Å². The lowest BCUT2D eigenvalue weighted by molar-refractivity contribution is -0.141. The lowest BCUT2D eigenvalue weighted by atomic mass is 9.82. The minimum Gasteiger partial charge on any atom is -0.495 e. The van der Waals surface area contributed by atoms with Crippen LogP contribution >= 0.6 is 23.4 Å². The zero-order valence-electron chi connectivity index (χ0n) is 19.1. The van der Waals surface area contributed by atoms with Gasteiger partial charge in [-0.15, -0.1) is 0 Å². The van der Waals surface area contributed by atoms with Crippen LogP contribution in [0.25, 0.3) is 0 Å². The zero-order chi connectivity index (χ0) is 24.8. The van der Waals surface area contributed by atoms with E-state index in [1.807, 2.05) is 0 Å². The molecule has 0 saturated heterocycles. The Bertz CT molecular complexity index is 1220. The van der Waals surface area contributed by atoms with Crippen molar-refractivity contribution < 1.29 is 19.1 Å². The predicted octanol–water partition coefficient (Wildman–Crippen LogP) is 5.33. The fourth-order valence-corrected chi connectivity index (χ4v) is 4.95. The maximum absolute atomic E-state index is 13.6. The number of para-hydroxylation sites is 2. The number of anilines is 1. The number of hydrogen-bond acceptors (Lipinski definition) is 7. The molecule has 176 valence electrons. The first-order chi connectivity index (χ1) is 16.3. The van der Waals surface area contributed by atoms with Gasteiger partial charge in [0, 0.05) is 23.2 Å². The summed E-state index contributed by atoms with van der Waals surface area (Å²) in [5.74, 6) is -1.05. The van der Waals surface area contributed by atoms with E-state index in [4.69, 9.17) is 21.1 Å². The van der Waals surface area contributed by atoms with E-state index in [0.29, 0.717) is 43.9 Å². The number of halogens is 1. The number of nitrogens with one attached hydrogen (secondary N) is 2. The molecule has 3 rings (SSSR count). The number of nitrogens with zero attached hydrogens (tertiary/aromatic N) is 1. The summed E-state index contributed by atoms with van der Waals surface area (Å²) in [5.41, 5.74) is 1.76. The largest absolute Gasteiger partial charge is 0.495 e. The van der Waals surface area contributed by atoms with Gasteiger partial charge >= 0.3 is 5.97 Å². The highest BCUT2D eigenvalue weighted by atomic mass is 35.5. The van der Waals surface area contributed by atoms with Crippen molar-refractivity contribution in [2.24, 2.45) is 0 Å². The molecule has 7 nitrogen and oxygen atoms in total. The topological polar surface area (TPSA) is 100 Å². The molecule has 0 aromatic heterocycles. The van der Waals surface area contributed by atoms with Crippen molar-refractivity contribution in [2.45, 2.75) is 32.1 Å². The van der Waals surface area contributed by atoms with Gasteiger partial charge in [-0.3, -0.25) is 9.59 Å². The van der Waals surface area contributed by atoms with Crippen LogP contribution in [-0.2, 0) is 14.3 Å². The monoisotopic (exact) mass is 497 g/mol. The second kappa shape index (κ2) is 11.1. The van der Waals surface area contributed by atoms with Crippen LogP contribution < -0.4 is 15.4 Å². The highest BCUT2D eigenvalue weighted by Crippen LogP contribution is 2.44. The molecule has 2 aromatic carbocycles. The summed E-state index contributed by atoms with van der Waals surface area (Å²) < 4.78 is 10.6. The van der Waals surface area contributed by atoms with Gasteiger partial charge in [0.25, 0.3) is 5.91 Å². The van der Waals surface area contributed by atoms with E-state index in [9.17, 15) is 14.9 Å². The van der Waals surface area contributed by atoms with Crippen LogP contribution in [0.3, 0.4) is 0 Å². The lowest BCUT2D eigenvalue weighted by Gasteiger charge is -2.31. The molecular formula is C25H24ClN3O4S. The smallest absolute Gasteiger partial charge is 0.303 e. The number of thioether (sulfide) groups is 1. The summed E-state index contributed by atoms with van der Waals surface area (Å²) in [6, 6.07) is 16.4. The molecule has 2 N–H and O–H groups in total. The number of carbonyl (C=O) groups excluding carboxylic acids is 2. The molecule has 0 saturated carbocycles. The Morgan fingerprint density at radius 1 is 1.21 bits per heavy atom. The number of allylic oxidation sites excluding steroid dienone is 2. The number of nitriles is 1. The molecule has 2 aromatic rings. The van der Waals surface area contributed by atoms with Crippen molar-refractivity contribution >= 4 is 40.9 Å². The van der Waals surface area contributed by atoms with Crippen LogP contribution in [0, 0.1) is 11.3 Å². The molecule has 1 aliphatic heterocycles. The number of rotatable bonds is 7. The van der Waals surface area contributed by atoms with E-state index in [1.54, 1.807) is 62.4 Å². The van der Waals surface area contributed by atoms with Gasteiger partial charge in [0.05, 0.1) is 35.4 Å². The highest BCUT2D eigenvalue weighted by molar-refractivity contribution is 8.03. The van der Waals surface area contributed by atoms with E-state index in [1.165, 1.54) is 25.8 Å². The minimum absolute atomic E-state index is 0.299. The summed E-state index contributed by atoms with van der Waals surface area (Å²) in [4.78, 5) is 24.9. The molecule has 0 radical (unpaired) electrons. The van der Waals surface area contributed by atoms with Gasteiger partial charge in [-0.25, -0.2) is 0 Å². The molecule has 0 bridgehead atoms. The number of methoxy groups -OCH3 is 1. The number of carbonyl (C=O) groups is 2. The summed E-state index contributed by atoms with van der Waals surface area (Å²) >= 11 is 7.71. The second-order valence-corrected chi connectivity index (χ2v) is 9.14. The third-order valence-corrected chi connectivity index (χ3v) is 6.41. The van der Waals surface area contributed by atoms with E-state index >= 15 is 0 Å². The highest BCUT2D eigenvalue weighted by Gasteiger charge is 2.36. The summed E-state index contributed by atoms with van der Waals surface area (Å²) in [6.07, 6.45) is 0. The van der Waals surface area contributed by atoms with Crippen LogP contribution in [0.2, 0.25) is 5.02 Å². The first kappa shape index (κ1) is 25.2. The summed E-state index contributed by atoms with van der Waals surface area (Å²) in [7, 11) is 1.52. The van der Waals surface area contributed by atoms with Crippen molar-refractivity contribution in [1.29, 1.82) is 5.26 Å². The number of hydrogen-bond donors (Lipinski definition) is 2. The molecule has 0 fully saturated rings. The van der Waals surface area contributed by atoms with Gasteiger partial charge in [-0.05, 0) is 37.6 Å². The van der Waals surface area contributed by atoms with Gasteiger partial charge in [-0.1, -0.05) is 53.7 Å². The molecule has 1 amide bonds. The number of benzene rings is 2. The third kappa shape index (κ3) is 5.56. The average molecular weight is 498 g/mol. The number of ether oxygens (including phenoxy) is 2. The minimum atomic E-state index is -0.735. The molecule has 1 aliphatic rings. The zero-order valence-corrected chi connectivity index (χ0v) is 20.7. The Hall–Kier alpha value is -3.41. The van der Waals surface area contributed by atoms with Gasteiger partial charge < -0.3 is 20.1 Å². The first-order valence-corrected chi connectivity index (χ1v) is 11.7. The van der Waals surface area contributed by atoms with Crippen LogP contribution in [0.1, 0.15) is 32.3 Å². The molecule has 0 spiro atoms. The number of esters is 1. The SMILES string of the molecule is COc1ccccc1NC(=O)C1=C(C)NC(SC(C)OC(C)=O)=C(C#N)C1c1ccccc1Cl. The van der Waals surface area contributed by atoms with Gasteiger partial charge in [0.1, 0.15) is 5.75 Å². The van der Waals surface area contributed by atoms with E-state index in [-0.39, 0.29) is 0 Å². The Morgan fingerprint density at radius 2 is 1.88 bits per heavy atom. The molecule has 34 heavy (non-hydrogen) atoms. The Kier molecular flexibility index (Phi) is 8.26. The molecular weight excluding hydrogens is 474 g/mol. The van der Waals surface area contributed by atoms with Crippen molar-refractivity contribution in [3.63, 3.8) is 0 Å². The second-order valence-electron chi connectivity index (χ2n) is 7.42. The fourth-order valence-electron chi connectivity index (χ4n) is 3.69. The Labute approximate surface area is 207 Å². The molecule has 0 aliphatic carbocycles. The van der Waals surface area contributed by atoms with Crippen molar-refractivity contribution in [3.05, 3.63) is 81.0 Å². The van der Waals surface area contributed by atoms with E-state index in [0.717, 1.165) is 0 Å². The number of dihydropyridines is 1. The predicted molar refractivity (Wildman–Crippen MR) is 133 cm³/mol. The maximum atomic E-state index is 13.6. The number of amides is 1. The van der Waals surface area contributed by atoms with Crippen LogP contribution in [-0.4, -0.2) is 24.4 Å². The van der Waals surface area contributed by atoms with E-state index in [2.05, 4.69) is 16.7 Å². The maximum Gasteiger partial charge on any atom is 0.303 e. The van der Waals surface area contributed by atoms with Crippen molar-refractivity contribution in [1.82, 2.24) is 5.32 Å². The van der Waals surface area contributed by atoms with Crippen LogP contribution in [0.5, 0.6) is 5.75 Å². The fraction of sp³-hybridized carbons (Fsp3) is 0.240. The molecule has 9 heteroatoms. The quantitative estimate of drug-likeness (QED) is 0.394. The van der Waals surface area contributed by atoms with E-state index < -0.39 is 23.2 Å². The summed E-state index contributed by atoms with van der Waals surface area (Å²) in [6.45, 7) is 4.79. The Balaban J connectivity index is 2.09. The standard InChI is InChI=1S/C25H24ClN3O4S/c1-14-22(24(31)29-20-11-7-8-12-21(20)32-4)23(17-9-5-6-10-19(17)26)18(13-27)25(28-14)34-16(3)33-15(2)30/h5-12,16,23,28H,1-4H3,(H,29,31). The molecule has 1 heterocycles. The summed E-state index contributed by atoms with van der Waals surface area (Å²) in [5, 5.41) is 17.1. The normalized spacial score (nSPS) is 16.3. The molecule has 2 unspecified atom stereocenters. The lowest BCUT2D eigenvalue weighted by Crippen LogP contribution is -2.31. The molecule has 2 atom stereocenters. The Morgan fingerprint density at radius 3 is 2.53 bits per heavy atom. The van der Waals surface area contributed by atoms with Gasteiger partial charge in [-0.2, -0.15) is 5.26 Å². The van der Waals surface area contributed by atoms with Crippen molar-refractivity contribution in [2.75, 3.05) is 12.4 Å². The van der Waals surface area contributed by atoms with Crippen LogP contribution in [0.15, 0.2) is 70.4 Å². The van der Waals surface area contributed by atoms with Crippen LogP contribution in [0.4, 0.5) is 5.69 Å². The van der Waals surface area contributed by atoms with Gasteiger partial charge in [0.2, 0.25) is 0 Å². The third-order valence-electron chi connectivity index (χ3n) is 5.08.